The Morgan fingerprint density at radius 1 is 1.71 bits per heavy atom. The number of aromatic nitrogens is 1. The van der Waals surface area contributed by atoms with E-state index in [0.717, 1.165) is 10.2 Å². The Hall–Kier alpha value is -0.550. The molecule has 0 atom stereocenters. The molecule has 0 bridgehead atoms. The minimum Gasteiger partial charge on any atom is -0.476 e. The lowest BCUT2D eigenvalue weighted by molar-refractivity contribution is 0.0686. The van der Waals surface area contributed by atoms with Crippen LogP contribution in [-0.4, -0.2) is 21.8 Å². The van der Waals surface area contributed by atoms with Crippen LogP contribution in [0.25, 0.3) is 0 Å². The van der Waals surface area contributed by atoms with E-state index in [1.54, 1.807) is 13.0 Å². The van der Waals surface area contributed by atoms with E-state index in [1.807, 2.05) is 6.92 Å². The third kappa shape index (κ3) is 2.48. The van der Waals surface area contributed by atoms with Crippen LogP contribution in [0.4, 0.5) is 0 Å². The molecular formula is C9H10BrNO2S. The Labute approximate surface area is 95.1 Å². The second kappa shape index (κ2) is 4.79. The fourth-order valence-corrected chi connectivity index (χ4v) is 2.23. The molecule has 1 rings (SSSR count). The van der Waals surface area contributed by atoms with Crippen molar-refractivity contribution in [1.29, 1.82) is 0 Å². The van der Waals surface area contributed by atoms with Crippen molar-refractivity contribution in [3.05, 3.63) is 21.9 Å². The summed E-state index contributed by atoms with van der Waals surface area (Å²) in [5, 5.41) is 8.92. The standard InChI is InChI=1S/C9H10BrNO2S/c1-3-14-7-4-6(10)5(2)11-8(7)9(12)13/h4H,3H2,1-2H3,(H,12,13). The van der Waals surface area contributed by atoms with Gasteiger partial charge < -0.3 is 5.11 Å². The molecule has 0 aliphatic carbocycles. The monoisotopic (exact) mass is 275 g/mol. The SMILES string of the molecule is CCSc1cc(Br)c(C)nc1C(=O)O. The Balaban J connectivity index is 3.24. The summed E-state index contributed by atoms with van der Waals surface area (Å²) in [4.78, 5) is 15.6. The molecule has 0 radical (unpaired) electrons. The fourth-order valence-electron chi connectivity index (χ4n) is 0.983. The van der Waals surface area contributed by atoms with E-state index >= 15 is 0 Å². The van der Waals surface area contributed by atoms with Crippen LogP contribution in [0.1, 0.15) is 23.1 Å². The number of pyridine rings is 1. The first-order valence-electron chi connectivity index (χ1n) is 4.09. The number of carboxylic acid groups (broad SMARTS) is 1. The van der Waals surface area contributed by atoms with E-state index in [4.69, 9.17) is 5.11 Å². The molecule has 5 heteroatoms. The fraction of sp³-hybridized carbons (Fsp3) is 0.333. The first-order valence-corrected chi connectivity index (χ1v) is 5.87. The molecule has 0 spiro atoms. The number of carbonyl (C=O) groups is 1. The lowest BCUT2D eigenvalue weighted by Gasteiger charge is -2.06. The number of thioether (sulfide) groups is 1. The van der Waals surface area contributed by atoms with Crippen molar-refractivity contribution in [3.63, 3.8) is 0 Å². The van der Waals surface area contributed by atoms with Crippen molar-refractivity contribution in [2.24, 2.45) is 0 Å². The van der Waals surface area contributed by atoms with Crippen LogP contribution >= 0.6 is 27.7 Å². The molecule has 0 aliphatic rings. The molecule has 0 saturated heterocycles. The molecule has 1 heterocycles. The van der Waals surface area contributed by atoms with Crippen LogP contribution in [0, 0.1) is 6.92 Å². The van der Waals surface area contributed by atoms with Crippen LogP contribution < -0.4 is 0 Å². The molecule has 0 amide bonds. The topological polar surface area (TPSA) is 50.2 Å². The highest BCUT2D eigenvalue weighted by atomic mass is 79.9. The summed E-state index contributed by atoms with van der Waals surface area (Å²) >= 11 is 4.81. The highest BCUT2D eigenvalue weighted by Gasteiger charge is 2.13. The summed E-state index contributed by atoms with van der Waals surface area (Å²) in [5.41, 5.74) is 0.834. The molecule has 0 unspecified atom stereocenters. The van der Waals surface area contributed by atoms with Gasteiger partial charge in [0.1, 0.15) is 0 Å². The molecule has 0 fully saturated rings. The predicted octanol–water partition coefficient (Wildman–Crippen LogP) is 2.96. The van der Waals surface area contributed by atoms with E-state index < -0.39 is 5.97 Å². The summed E-state index contributed by atoms with van der Waals surface area (Å²) < 4.78 is 0.846. The summed E-state index contributed by atoms with van der Waals surface area (Å²) in [7, 11) is 0. The van der Waals surface area contributed by atoms with Crippen molar-refractivity contribution < 1.29 is 9.90 Å². The lowest BCUT2D eigenvalue weighted by atomic mass is 10.3. The van der Waals surface area contributed by atoms with Crippen molar-refractivity contribution in [1.82, 2.24) is 4.98 Å². The Morgan fingerprint density at radius 3 is 2.86 bits per heavy atom. The zero-order chi connectivity index (χ0) is 10.7. The minimum absolute atomic E-state index is 0.137. The predicted molar refractivity (Wildman–Crippen MR) is 60.0 cm³/mol. The summed E-state index contributed by atoms with van der Waals surface area (Å²) in [5.74, 6) is -0.145. The van der Waals surface area contributed by atoms with Gasteiger partial charge in [0.25, 0.3) is 0 Å². The van der Waals surface area contributed by atoms with Gasteiger partial charge in [0, 0.05) is 9.37 Å². The van der Waals surface area contributed by atoms with Crippen LogP contribution in [-0.2, 0) is 0 Å². The number of hydrogen-bond acceptors (Lipinski definition) is 3. The molecule has 1 aromatic rings. The molecule has 0 aromatic carbocycles. The molecule has 14 heavy (non-hydrogen) atoms. The van der Waals surface area contributed by atoms with Gasteiger partial charge in [-0.25, -0.2) is 9.78 Å². The van der Waals surface area contributed by atoms with Crippen LogP contribution in [0.15, 0.2) is 15.4 Å². The number of aryl methyl sites for hydroxylation is 1. The summed E-state index contributed by atoms with van der Waals surface area (Å²) in [6, 6.07) is 1.81. The third-order valence-electron chi connectivity index (χ3n) is 1.62. The van der Waals surface area contributed by atoms with Gasteiger partial charge in [-0.3, -0.25) is 0 Å². The first-order chi connectivity index (χ1) is 6.56. The van der Waals surface area contributed by atoms with Crippen molar-refractivity contribution in [2.75, 3.05) is 5.75 Å². The molecule has 76 valence electrons. The number of carboxylic acids is 1. The van der Waals surface area contributed by atoms with Gasteiger partial charge in [-0.1, -0.05) is 6.92 Å². The van der Waals surface area contributed by atoms with Crippen LogP contribution in [0.3, 0.4) is 0 Å². The smallest absolute Gasteiger partial charge is 0.355 e. The summed E-state index contributed by atoms with van der Waals surface area (Å²) in [6.07, 6.45) is 0. The third-order valence-corrected chi connectivity index (χ3v) is 3.33. The molecule has 1 N–H and O–H groups in total. The van der Waals surface area contributed by atoms with Gasteiger partial charge in [-0.2, -0.15) is 0 Å². The Kier molecular flexibility index (Phi) is 3.95. The van der Waals surface area contributed by atoms with Crippen molar-refractivity contribution >= 4 is 33.7 Å². The van der Waals surface area contributed by atoms with E-state index in [0.29, 0.717) is 10.6 Å². The lowest BCUT2D eigenvalue weighted by Crippen LogP contribution is -2.04. The highest BCUT2D eigenvalue weighted by Crippen LogP contribution is 2.26. The quantitative estimate of drug-likeness (QED) is 0.862. The number of nitrogens with zero attached hydrogens (tertiary/aromatic N) is 1. The Morgan fingerprint density at radius 2 is 2.36 bits per heavy atom. The largest absolute Gasteiger partial charge is 0.476 e. The maximum Gasteiger partial charge on any atom is 0.355 e. The maximum atomic E-state index is 10.9. The molecule has 3 nitrogen and oxygen atoms in total. The van der Waals surface area contributed by atoms with Gasteiger partial charge in [0.2, 0.25) is 0 Å². The molecule has 1 aromatic heterocycles. The number of aromatic carboxylic acids is 1. The zero-order valence-electron chi connectivity index (χ0n) is 7.87. The van der Waals surface area contributed by atoms with Gasteiger partial charge >= 0.3 is 5.97 Å². The number of halogens is 1. The van der Waals surface area contributed by atoms with Crippen LogP contribution in [0.2, 0.25) is 0 Å². The average Bonchev–Trinajstić information content (AvgIpc) is 2.11. The van der Waals surface area contributed by atoms with Crippen molar-refractivity contribution in [3.8, 4) is 0 Å². The first kappa shape index (κ1) is 11.5. The van der Waals surface area contributed by atoms with E-state index in [1.165, 1.54) is 11.8 Å². The Bertz CT molecular complexity index is 368. The molecular weight excluding hydrogens is 266 g/mol. The van der Waals surface area contributed by atoms with E-state index in [-0.39, 0.29) is 5.69 Å². The van der Waals surface area contributed by atoms with Gasteiger partial charge in [0.15, 0.2) is 5.69 Å². The summed E-state index contributed by atoms with van der Waals surface area (Å²) in [6.45, 7) is 3.75. The number of hydrogen-bond donors (Lipinski definition) is 1. The van der Waals surface area contributed by atoms with Crippen LogP contribution in [0.5, 0.6) is 0 Å². The van der Waals surface area contributed by atoms with E-state index in [2.05, 4.69) is 20.9 Å². The second-order valence-corrected chi connectivity index (χ2v) is 4.80. The zero-order valence-corrected chi connectivity index (χ0v) is 10.3. The number of rotatable bonds is 3. The normalized spacial score (nSPS) is 10.2. The van der Waals surface area contributed by atoms with E-state index in [9.17, 15) is 4.79 Å². The van der Waals surface area contributed by atoms with Gasteiger partial charge in [-0.05, 0) is 34.7 Å². The average molecular weight is 276 g/mol. The second-order valence-electron chi connectivity index (χ2n) is 2.64. The minimum atomic E-state index is -0.975. The molecule has 0 aliphatic heterocycles. The highest BCUT2D eigenvalue weighted by molar-refractivity contribution is 9.10. The van der Waals surface area contributed by atoms with Crippen molar-refractivity contribution in [2.45, 2.75) is 18.7 Å². The maximum absolute atomic E-state index is 10.9. The van der Waals surface area contributed by atoms with Gasteiger partial charge in [-0.15, -0.1) is 11.8 Å². The molecule has 0 saturated carbocycles. The van der Waals surface area contributed by atoms with Gasteiger partial charge in [0.05, 0.1) is 5.69 Å².